The summed E-state index contributed by atoms with van der Waals surface area (Å²) in [5, 5.41) is 0. The molecule has 0 bridgehead atoms. The highest BCUT2D eigenvalue weighted by atomic mass is 19.4. The SMILES string of the molecule is CC(F)(F)c1ncnc(C(F)(F)F)n1. The third-order valence-corrected chi connectivity index (χ3v) is 1.22. The third kappa shape index (κ3) is 2.33. The Balaban J connectivity index is 3.15. The summed E-state index contributed by atoms with van der Waals surface area (Å²) < 4.78 is 60.9. The Morgan fingerprint density at radius 3 is 1.93 bits per heavy atom. The molecule has 0 N–H and O–H groups in total. The molecular formula is C6H4F5N3. The number of aromatic nitrogens is 3. The molecule has 14 heavy (non-hydrogen) atoms. The molecule has 0 spiro atoms. The Morgan fingerprint density at radius 1 is 1.00 bits per heavy atom. The van der Waals surface area contributed by atoms with Crippen molar-refractivity contribution >= 4 is 0 Å². The normalized spacial score (nSPS) is 13.0. The molecule has 1 rings (SSSR count). The molecule has 78 valence electrons. The Labute approximate surface area is 75.0 Å². The summed E-state index contributed by atoms with van der Waals surface area (Å²) in [7, 11) is 0. The molecule has 0 atom stereocenters. The van der Waals surface area contributed by atoms with E-state index in [2.05, 4.69) is 15.0 Å². The topological polar surface area (TPSA) is 38.7 Å². The Hall–Kier alpha value is -1.34. The van der Waals surface area contributed by atoms with E-state index in [4.69, 9.17) is 0 Å². The van der Waals surface area contributed by atoms with Crippen molar-refractivity contribution in [3.63, 3.8) is 0 Å². The molecule has 1 aromatic rings. The second kappa shape index (κ2) is 3.10. The fraction of sp³-hybridized carbons (Fsp3) is 0.500. The Morgan fingerprint density at radius 2 is 1.50 bits per heavy atom. The van der Waals surface area contributed by atoms with Crippen molar-refractivity contribution in [3.05, 3.63) is 18.0 Å². The van der Waals surface area contributed by atoms with Gasteiger partial charge in [-0.2, -0.15) is 22.0 Å². The molecule has 0 aliphatic heterocycles. The van der Waals surface area contributed by atoms with Crippen LogP contribution in [0.4, 0.5) is 22.0 Å². The van der Waals surface area contributed by atoms with Crippen molar-refractivity contribution in [1.29, 1.82) is 0 Å². The van der Waals surface area contributed by atoms with Crippen LogP contribution in [0.2, 0.25) is 0 Å². The zero-order valence-corrected chi connectivity index (χ0v) is 6.81. The lowest BCUT2D eigenvalue weighted by Crippen LogP contribution is -2.19. The van der Waals surface area contributed by atoms with E-state index in [1.807, 2.05) is 0 Å². The van der Waals surface area contributed by atoms with Crippen molar-refractivity contribution in [1.82, 2.24) is 15.0 Å². The molecule has 0 aliphatic carbocycles. The van der Waals surface area contributed by atoms with E-state index < -0.39 is 23.7 Å². The molecule has 0 saturated heterocycles. The van der Waals surface area contributed by atoms with Crippen LogP contribution in [-0.2, 0) is 12.1 Å². The summed E-state index contributed by atoms with van der Waals surface area (Å²) in [5.41, 5.74) is 0. The van der Waals surface area contributed by atoms with Crippen molar-refractivity contribution in [2.75, 3.05) is 0 Å². The lowest BCUT2D eigenvalue weighted by atomic mass is 10.3. The second-order valence-electron chi connectivity index (χ2n) is 2.52. The molecule has 0 radical (unpaired) electrons. The number of hydrogen-bond acceptors (Lipinski definition) is 3. The molecule has 0 aliphatic rings. The smallest absolute Gasteiger partial charge is 0.215 e. The van der Waals surface area contributed by atoms with Gasteiger partial charge in [-0.3, -0.25) is 0 Å². The van der Waals surface area contributed by atoms with Crippen LogP contribution in [0.15, 0.2) is 6.33 Å². The monoisotopic (exact) mass is 213 g/mol. The molecule has 8 heteroatoms. The van der Waals surface area contributed by atoms with Gasteiger partial charge in [0.1, 0.15) is 6.33 Å². The van der Waals surface area contributed by atoms with Crippen molar-refractivity contribution < 1.29 is 22.0 Å². The number of hydrogen-bond donors (Lipinski definition) is 0. The van der Waals surface area contributed by atoms with Crippen LogP contribution in [0.25, 0.3) is 0 Å². The predicted octanol–water partition coefficient (Wildman–Crippen LogP) is 2.00. The molecule has 0 amide bonds. The van der Waals surface area contributed by atoms with Gasteiger partial charge in [-0.25, -0.2) is 15.0 Å². The Kier molecular flexibility index (Phi) is 2.38. The molecule has 1 heterocycles. The second-order valence-corrected chi connectivity index (χ2v) is 2.52. The summed E-state index contributed by atoms with van der Waals surface area (Å²) in [4.78, 5) is 8.31. The van der Waals surface area contributed by atoms with E-state index in [9.17, 15) is 22.0 Å². The first kappa shape index (κ1) is 10.7. The van der Waals surface area contributed by atoms with Gasteiger partial charge in [0.15, 0.2) is 0 Å². The maximum absolute atomic E-state index is 12.5. The number of nitrogens with zero attached hydrogens (tertiary/aromatic N) is 3. The van der Waals surface area contributed by atoms with Crippen LogP contribution in [0.1, 0.15) is 18.6 Å². The zero-order chi connectivity index (χ0) is 11.0. The van der Waals surface area contributed by atoms with Crippen LogP contribution in [0.3, 0.4) is 0 Å². The molecule has 0 saturated carbocycles. The van der Waals surface area contributed by atoms with Gasteiger partial charge in [-0.1, -0.05) is 0 Å². The van der Waals surface area contributed by atoms with Crippen molar-refractivity contribution in [2.45, 2.75) is 19.0 Å². The lowest BCUT2D eigenvalue weighted by molar-refractivity contribution is -0.145. The summed E-state index contributed by atoms with van der Waals surface area (Å²) in [5.74, 6) is -6.33. The van der Waals surface area contributed by atoms with Gasteiger partial charge in [0.25, 0.3) is 0 Å². The fourth-order valence-corrected chi connectivity index (χ4v) is 0.644. The highest BCUT2D eigenvalue weighted by Gasteiger charge is 2.37. The maximum Gasteiger partial charge on any atom is 0.451 e. The van der Waals surface area contributed by atoms with Crippen LogP contribution in [0, 0.1) is 0 Å². The fourth-order valence-electron chi connectivity index (χ4n) is 0.644. The van der Waals surface area contributed by atoms with E-state index in [0.29, 0.717) is 13.3 Å². The van der Waals surface area contributed by atoms with Crippen LogP contribution in [-0.4, -0.2) is 15.0 Å². The van der Waals surface area contributed by atoms with Crippen LogP contribution in [0.5, 0.6) is 0 Å². The molecule has 1 aromatic heterocycles. The third-order valence-electron chi connectivity index (χ3n) is 1.22. The van der Waals surface area contributed by atoms with Gasteiger partial charge in [-0.05, 0) is 0 Å². The molecular weight excluding hydrogens is 209 g/mol. The van der Waals surface area contributed by atoms with E-state index in [1.54, 1.807) is 0 Å². The van der Waals surface area contributed by atoms with Gasteiger partial charge in [0.2, 0.25) is 11.6 Å². The highest BCUT2D eigenvalue weighted by molar-refractivity contribution is 4.98. The molecule has 0 unspecified atom stereocenters. The first-order chi connectivity index (χ1) is 6.21. The van der Waals surface area contributed by atoms with Gasteiger partial charge in [0.05, 0.1) is 0 Å². The van der Waals surface area contributed by atoms with Gasteiger partial charge >= 0.3 is 12.1 Å². The Bertz CT molecular complexity index is 300. The predicted molar refractivity (Wildman–Crippen MR) is 34.4 cm³/mol. The van der Waals surface area contributed by atoms with E-state index >= 15 is 0 Å². The first-order valence-electron chi connectivity index (χ1n) is 3.36. The minimum Gasteiger partial charge on any atom is -0.215 e. The quantitative estimate of drug-likeness (QED) is 0.669. The van der Waals surface area contributed by atoms with E-state index in [0.717, 1.165) is 0 Å². The summed E-state index contributed by atoms with van der Waals surface area (Å²) in [6.07, 6.45) is -4.44. The van der Waals surface area contributed by atoms with Gasteiger partial charge in [0, 0.05) is 6.92 Å². The number of halogens is 5. The largest absolute Gasteiger partial charge is 0.451 e. The molecule has 0 fully saturated rings. The number of alkyl halides is 5. The summed E-state index contributed by atoms with van der Waals surface area (Å²) in [6.45, 7) is 0.405. The zero-order valence-electron chi connectivity index (χ0n) is 6.81. The lowest BCUT2D eigenvalue weighted by Gasteiger charge is -2.09. The average Bonchev–Trinajstić information content (AvgIpc) is 2.01. The number of rotatable bonds is 1. The van der Waals surface area contributed by atoms with Crippen LogP contribution >= 0.6 is 0 Å². The first-order valence-corrected chi connectivity index (χ1v) is 3.36. The van der Waals surface area contributed by atoms with Crippen molar-refractivity contribution in [3.8, 4) is 0 Å². The molecule has 3 nitrogen and oxygen atoms in total. The average molecular weight is 213 g/mol. The van der Waals surface area contributed by atoms with Gasteiger partial charge < -0.3 is 0 Å². The minimum absolute atomic E-state index is 0.405. The maximum atomic E-state index is 12.5. The highest BCUT2D eigenvalue weighted by Crippen LogP contribution is 2.28. The molecule has 0 aromatic carbocycles. The minimum atomic E-state index is -4.84. The van der Waals surface area contributed by atoms with Crippen molar-refractivity contribution in [2.24, 2.45) is 0 Å². The van der Waals surface area contributed by atoms with Gasteiger partial charge in [-0.15, -0.1) is 0 Å². The van der Waals surface area contributed by atoms with Crippen LogP contribution < -0.4 is 0 Å². The standard InChI is InChI=1S/C6H4F5N3/c1-5(7,8)3-12-2-13-4(14-3)6(9,10)11/h2H,1H3. The van der Waals surface area contributed by atoms with E-state index in [1.165, 1.54) is 0 Å². The van der Waals surface area contributed by atoms with E-state index in [-0.39, 0.29) is 0 Å². The summed E-state index contributed by atoms with van der Waals surface area (Å²) >= 11 is 0. The summed E-state index contributed by atoms with van der Waals surface area (Å²) in [6, 6.07) is 0.